The lowest BCUT2D eigenvalue weighted by atomic mass is 10.0. The summed E-state index contributed by atoms with van der Waals surface area (Å²) in [5.41, 5.74) is 5.74. The summed E-state index contributed by atoms with van der Waals surface area (Å²) in [4.78, 5) is 13.7. The third-order valence-corrected chi connectivity index (χ3v) is 5.30. The number of hydrogen-bond donors (Lipinski definition) is 1. The Morgan fingerprint density at radius 3 is 2.12 bits per heavy atom. The molecular weight excluding hydrogens is 228 g/mol. The Kier molecular flexibility index (Phi) is 3.64. The van der Waals surface area contributed by atoms with Gasteiger partial charge in [-0.3, -0.25) is 4.79 Å². The molecule has 1 amide bonds. The molecule has 0 aromatic carbocycles. The molecule has 94 valence electrons. The van der Waals surface area contributed by atoms with Gasteiger partial charge in [-0.1, -0.05) is 0 Å². The third kappa shape index (κ3) is 2.55. The van der Waals surface area contributed by atoms with Gasteiger partial charge >= 0.3 is 0 Å². The van der Waals surface area contributed by atoms with Crippen LogP contribution in [-0.4, -0.2) is 49.4 Å². The van der Waals surface area contributed by atoms with Crippen LogP contribution in [0.4, 0.5) is 0 Å². The second-order valence-electron chi connectivity index (χ2n) is 4.91. The summed E-state index contributed by atoms with van der Waals surface area (Å²) in [6.07, 6.45) is 2.58. The number of nitrogens with two attached hydrogens (primary N) is 1. The quantitative estimate of drug-likeness (QED) is 0.731. The Morgan fingerprint density at radius 1 is 1.31 bits per heavy atom. The van der Waals surface area contributed by atoms with E-state index in [9.17, 15) is 13.2 Å². The first-order chi connectivity index (χ1) is 7.16. The first-order valence-corrected chi connectivity index (χ1v) is 7.30. The molecule has 0 spiro atoms. The molecule has 1 saturated heterocycles. The molecule has 1 aliphatic rings. The van der Waals surface area contributed by atoms with Crippen molar-refractivity contribution in [3.63, 3.8) is 0 Å². The number of carbonyl (C=O) groups excluding carboxylic acids is 1. The number of rotatable bonds is 2. The molecule has 0 unspecified atom stereocenters. The maximum atomic E-state index is 12.1. The molecule has 6 heteroatoms. The molecule has 5 nitrogen and oxygen atoms in total. The average molecular weight is 248 g/mol. The number of likely N-dealkylation sites (tertiary alicyclic amines) is 1. The van der Waals surface area contributed by atoms with Crippen LogP contribution in [0.15, 0.2) is 0 Å². The highest BCUT2D eigenvalue weighted by Gasteiger charge is 2.41. The number of sulfone groups is 1. The molecule has 1 rings (SSSR count). The fraction of sp³-hybridized carbons (Fsp3) is 0.900. The normalized spacial score (nSPS) is 19.9. The van der Waals surface area contributed by atoms with Crippen molar-refractivity contribution in [1.29, 1.82) is 0 Å². The summed E-state index contributed by atoms with van der Waals surface area (Å²) >= 11 is 0. The maximum absolute atomic E-state index is 12.1. The SMILES string of the molecule is CC(C)(C(=O)N1CCC(N)CC1)S(C)(=O)=O. The van der Waals surface area contributed by atoms with Crippen LogP contribution in [0.5, 0.6) is 0 Å². The Labute approximate surface area is 96.9 Å². The predicted octanol–water partition coefficient (Wildman–Crippen LogP) is -0.241. The van der Waals surface area contributed by atoms with Crippen LogP contribution in [0.3, 0.4) is 0 Å². The van der Waals surface area contributed by atoms with Crippen molar-refractivity contribution in [2.24, 2.45) is 5.73 Å². The highest BCUT2D eigenvalue weighted by molar-refractivity contribution is 7.92. The van der Waals surface area contributed by atoms with E-state index in [0.29, 0.717) is 13.1 Å². The number of carbonyl (C=O) groups is 1. The first-order valence-electron chi connectivity index (χ1n) is 5.41. The fourth-order valence-electron chi connectivity index (χ4n) is 1.64. The highest BCUT2D eigenvalue weighted by atomic mass is 32.2. The van der Waals surface area contributed by atoms with E-state index in [1.807, 2.05) is 0 Å². The van der Waals surface area contributed by atoms with Crippen LogP contribution in [0, 0.1) is 0 Å². The molecule has 1 aliphatic heterocycles. The van der Waals surface area contributed by atoms with Gasteiger partial charge in [0.15, 0.2) is 9.84 Å². The number of nitrogens with zero attached hydrogens (tertiary/aromatic N) is 1. The van der Waals surface area contributed by atoms with Crippen molar-refractivity contribution in [2.75, 3.05) is 19.3 Å². The van der Waals surface area contributed by atoms with Crippen LogP contribution in [-0.2, 0) is 14.6 Å². The maximum Gasteiger partial charge on any atom is 0.243 e. The van der Waals surface area contributed by atoms with E-state index < -0.39 is 14.6 Å². The van der Waals surface area contributed by atoms with E-state index in [4.69, 9.17) is 5.73 Å². The van der Waals surface area contributed by atoms with E-state index in [1.165, 1.54) is 13.8 Å². The molecule has 0 atom stereocenters. The Bertz CT molecular complexity index is 368. The molecule has 0 bridgehead atoms. The van der Waals surface area contributed by atoms with Crippen molar-refractivity contribution in [2.45, 2.75) is 37.5 Å². The lowest BCUT2D eigenvalue weighted by Gasteiger charge is -2.35. The van der Waals surface area contributed by atoms with Gasteiger partial charge < -0.3 is 10.6 Å². The topological polar surface area (TPSA) is 80.5 Å². The van der Waals surface area contributed by atoms with Crippen molar-refractivity contribution in [1.82, 2.24) is 4.90 Å². The second-order valence-corrected chi connectivity index (χ2v) is 7.48. The molecule has 2 N–H and O–H groups in total. The van der Waals surface area contributed by atoms with E-state index in [-0.39, 0.29) is 11.9 Å². The molecule has 0 aromatic rings. The van der Waals surface area contributed by atoms with Crippen LogP contribution in [0.1, 0.15) is 26.7 Å². The van der Waals surface area contributed by atoms with Gasteiger partial charge in [0.05, 0.1) is 0 Å². The zero-order valence-electron chi connectivity index (χ0n) is 10.1. The minimum atomic E-state index is -3.39. The molecule has 0 saturated carbocycles. The molecular formula is C10H20N2O3S. The molecule has 0 radical (unpaired) electrons. The summed E-state index contributed by atoms with van der Waals surface area (Å²) in [5, 5.41) is 0. The molecule has 1 fully saturated rings. The van der Waals surface area contributed by atoms with Gasteiger partial charge in [-0.15, -0.1) is 0 Å². The first kappa shape index (κ1) is 13.4. The van der Waals surface area contributed by atoms with E-state index in [0.717, 1.165) is 19.1 Å². The second kappa shape index (κ2) is 4.33. The van der Waals surface area contributed by atoms with Crippen molar-refractivity contribution in [3.05, 3.63) is 0 Å². The minimum Gasteiger partial charge on any atom is -0.341 e. The van der Waals surface area contributed by atoms with E-state index >= 15 is 0 Å². The van der Waals surface area contributed by atoms with Crippen molar-refractivity contribution >= 4 is 15.7 Å². The zero-order chi connectivity index (χ0) is 12.6. The Balaban J connectivity index is 2.79. The smallest absolute Gasteiger partial charge is 0.243 e. The standard InChI is InChI=1S/C10H20N2O3S/c1-10(2,16(3,14)15)9(13)12-6-4-8(11)5-7-12/h8H,4-7,11H2,1-3H3. The van der Waals surface area contributed by atoms with Crippen molar-refractivity contribution in [3.8, 4) is 0 Å². The molecule has 16 heavy (non-hydrogen) atoms. The summed E-state index contributed by atoms with van der Waals surface area (Å²) in [6, 6.07) is 0.130. The number of piperidine rings is 1. The zero-order valence-corrected chi connectivity index (χ0v) is 10.9. The van der Waals surface area contributed by atoms with Crippen LogP contribution in [0.2, 0.25) is 0 Å². The van der Waals surface area contributed by atoms with Crippen LogP contribution >= 0.6 is 0 Å². The van der Waals surface area contributed by atoms with Gasteiger partial charge in [-0.25, -0.2) is 8.42 Å². The van der Waals surface area contributed by atoms with Crippen LogP contribution in [0.25, 0.3) is 0 Å². The summed E-state index contributed by atoms with van der Waals surface area (Å²) in [7, 11) is -3.39. The summed E-state index contributed by atoms with van der Waals surface area (Å²) < 4.78 is 21.7. The van der Waals surface area contributed by atoms with Crippen LogP contribution < -0.4 is 5.73 Å². The van der Waals surface area contributed by atoms with E-state index in [1.54, 1.807) is 4.90 Å². The van der Waals surface area contributed by atoms with Gasteiger partial charge in [0.2, 0.25) is 5.91 Å². The van der Waals surface area contributed by atoms with Gasteiger partial charge in [0.1, 0.15) is 4.75 Å². The molecule has 0 aliphatic carbocycles. The number of hydrogen-bond acceptors (Lipinski definition) is 4. The van der Waals surface area contributed by atoms with E-state index in [2.05, 4.69) is 0 Å². The lowest BCUT2D eigenvalue weighted by molar-refractivity contribution is -0.134. The summed E-state index contributed by atoms with van der Waals surface area (Å²) in [5.74, 6) is -0.318. The Morgan fingerprint density at radius 2 is 1.75 bits per heavy atom. The third-order valence-electron chi connectivity index (χ3n) is 3.27. The van der Waals surface area contributed by atoms with Gasteiger partial charge in [0.25, 0.3) is 0 Å². The average Bonchev–Trinajstić information content (AvgIpc) is 2.16. The molecule has 0 aromatic heterocycles. The van der Waals surface area contributed by atoms with Gasteiger partial charge in [-0.05, 0) is 26.7 Å². The predicted molar refractivity (Wildman–Crippen MR) is 62.7 cm³/mol. The Hall–Kier alpha value is -0.620. The van der Waals surface area contributed by atoms with Gasteiger partial charge in [-0.2, -0.15) is 0 Å². The van der Waals surface area contributed by atoms with Gasteiger partial charge in [0, 0.05) is 25.4 Å². The minimum absolute atomic E-state index is 0.130. The number of amides is 1. The highest BCUT2D eigenvalue weighted by Crippen LogP contribution is 2.21. The summed E-state index contributed by atoms with van der Waals surface area (Å²) in [6.45, 7) is 4.02. The molecule has 1 heterocycles. The monoisotopic (exact) mass is 248 g/mol. The van der Waals surface area contributed by atoms with Crippen molar-refractivity contribution < 1.29 is 13.2 Å². The lowest BCUT2D eigenvalue weighted by Crippen LogP contribution is -2.53. The largest absolute Gasteiger partial charge is 0.341 e. The fourth-order valence-corrected chi connectivity index (χ4v) is 2.09.